The molecule has 1 amide bonds. The van der Waals surface area contributed by atoms with Gasteiger partial charge in [0, 0.05) is 25.6 Å². The monoisotopic (exact) mass is 462 g/mol. The van der Waals surface area contributed by atoms with Crippen molar-refractivity contribution in [1.29, 1.82) is 0 Å². The van der Waals surface area contributed by atoms with Crippen LogP contribution in [0.15, 0.2) is 30.3 Å². The predicted molar refractivity (Wildman–Crippen MR) is 126 cm³/mol. The minimum absolute atomic E-state index is 0. The average Bonchev–Trinajstić information content (AvgIpc) is 3.37. The Labute approximate surface area is 193 Å². The van der Waals surface area contributed by atoms with Crippen LogP contribution in [0.3, 0.4) is 0 Å². The zero-order valence-corrected chi connectivity index (χ0v) is 19.5. The maximum Gasteiger partial charge on any atom is 0.409 e. The number of fused-ring (bicyclic) bond motifs is 1. The van der Waals surface area contributed by atoms with E-state index in [-0.39, 0.29) is 43.3 Å². The fraction of sp³-hybridized carbons (Fsp3) is 0.591. The van der Waals surface area contributed by atoms with Crippen LogP contribution in [0.5, 0.6) is 0 Å². The largest absolute Gasteiger partial charge is 0.450 e. The first-order valence-electron chi connectivity index (χ1n) is 10.2. The highest BCUT2D eigenvalue weighted by atomic mass is 35.5. The molecular weight excluding hydrogens is 431 g/mol. The Morgan fingerprint density at radius 2 is 1.76 bits per heavy atom. The van der Waals surface area contributed by atoms with Gasteiger partial charge in [-0.05, 0) is 68.3 Å². The van der Waals surface area contributed by atoms with Crippen molar-refractivity contribution in [1.82, 2.24) is 9.80 Å². The van der Waals surface area contributed by atoms with Gasteiger partial charge in [-0.15, -0.1) is 37.2 Å². The predicted octanol–water partition coefficient (Wildman–Crippen LogP) is 5.08. The van der Waals surface area contributed by atoms with Crippen LogP contribution in [0.4, 0.5) is 4.79 Å². The zero-order chi connectivity index (χ0) is 17.9. The number of carbonyl (C=O) groups excluding carboxylic acids is 1. The lowest BCUT2D eigenvalue weighted by atomic mass is 9.90. The molecule has 2 saturated heterocycles. The van der Waals surface area contributed by atoms with Gasteiger partial charge >= 0.3 is 6.09 Å². The molecule has 0 bridgehead atoms. The number of benzene rings is 1. The Hall–Kier alpha value is -0.940. The zero-order valence-electron chi connectivity index (χ0n) is 17.0. The summed E-state index contributed by atoms with van der Waals surface area (Å²) in [6, 6.07) is 9.14. The SMILES string of the molecule is CCOC(=O)N1CC2CC=C(c3ccc(CCN4CCCC4)cc3)C2C1.Cl.Cl.Cl. The molecular formula is C22H33Cl3N2O2. The Bertz CT molecular complexity index is 675. The van der Waals surface area contributed by atoms with Crippen LogP contribution in [0.2, 0.25) is 0 Å². The molecule has 164 valence electrons. The Balaban J connectivity index is 0.00000140. The van der Waals surface area contributed by atoms with Crippen molar-refractivity contribution in [3.63, 3.8) is 0 Å². The highest BCUT2D eigenvalue weighted by Crippen LogP contribution is 2.43. The molecule has 1 aromatic carbocycles. The van der Waals surface area contributed by atoms with Gasteiger partial charge < -0.3 is 14.5 Å². The summed E-state index contributed by atoms with van der Waals surface area (Å²) in [5.41, 5.74) is 4.18. The second-order valence-electron chi connectivity index (χ2n) is 7.86. The van der Waals surface area contributed by atoms with Crippen LogP contribution in [0.25, 0.3) is 5.57 Å². The number of halogens is 3. The highest BCUT2D eigenvalue weighted by Gasteiger charge is 2.40. The third-order valence-corrected chi connectivity index (χ3v) is 6.21. The van der Waals surface area contributed by atoms with E-state index in [4.69, 9.17) is 4.74 Å². The Morgan fingerprint density at radius 3 is 2.41 bits per heavy atom. The summed E-state index contributed by atoms with van der Waals surface area (Å²) in [6.45, 7) is 7.67. The normalized spacial score (nSPS) is 22.8. The minimum atomic E-state index is -0.154. The quantitative estimate of drug-likeness (QED) is 0.610. The maximum atomic E-state index is 12.0. The van der Waals surface area contributed by atoms with Crippen LogP contribution < -0.4 is 0 Å². The molecule has 29 heavy (non-hydrogen) atoms. The minimum Gasteiger partial charge on any atom is -0.450 e. The summed E-state index contributed by atoms with van der Waals surface area (Å²) in [4.78, 5) is 16.5. The van der Waals surface area contributed by atoms with Gasteiger partial charge in [0.25, 0.3) is 0 Å². The summed E-state index contributed by atoms with van der Waals surface area (Å²) in [5, 5.41) is 0. The number of carbonyl (C=O) groups is 1. The Kier molecular flexibility index (Phi) is 10.8. The number of likely N-dealkylation sites (tertiary alicyclic amines) is 2. The summed E-state index contributed by atoms with van der Waals surface area (Å²) >= 11 is 0. The molecule has 3 aliphatic rings. The molecule has 2 atom stereocenters. The van der Waals surface area contributed by atoms with E-state index in [0.29, 0.717) is 18.4 Å². The van der Waals surface area contributed by atoms with E-state index in [9.17, 15) is 4.79 Å². The average molecular weight is 464 g/mol. The van der Waals surface area contributed by atoms with Gasteiger partial charge in [-0.3, -0.25) is 0 Å². The molecule has 4 rings (SSSR count). The second-order valence-corrected chi connectivity index (χ2v) is 7.86. The molecule has 0 radical (unpaired) electrons. The molecule has 2 aliphatic heterocycles. The number of amides is 1. The molecule has 0 aromatic heterocycles. The summed E-state index contributed by atoms with van der Waals surface area (Å²) in [7, 11) is 0. The molecule has 0 saturated carbocycles. The maximum absolute atomic E-state index is 12.0. The first-order valence-corrected chi connectivity index (χ1v) is 10.2. The lowest BCUT2D eigenvalue weighted by molar-refractivity contribution is 0.114. The van der Waals surface area contributed by atoms with Gasteiger partial charge in [0.1, 0.15) is 0 Å². The van der Waals surface area contributed by atoms with Gasteiger partial charge in [-0.2, -0.15) is 0 Å². The standard InChI is InChI=1S/C22H30N2O2.3ClH/c1-2-26-22(25)24-15-19-9-10-20(21(19)16-24)18-7-5-17(6-8-18)11-14-23-12-3-4-13-23;;;/h5-8,10,19,21H,2-4,9,11-16H2,1H3;3*1H. The topological polar surface area (TPSA) is 32.8 Å². The van der Waals surface area contributed by atoms with Crippen molar-refractivity contribution >= 4 is 48.9 Å². The lowest BCUT2D eigenvalue weighted by Crippen LogP contribution is -2.30. The van der Waals surface area contributed by atoms with E-state index in [1.54, 1.807) is 0 Å². The molecule has 2 heterocycles. The molecule has 0 N–H and O–H groups in total. The number of allylic oxidation sites excluding steroid dienone is 1. The van der Waals surface area contributed by atoms with Crippen LogP contribution in [0.1, 0.15) is 37.3 Å². The lowest BCUT2D eigenvalue weighted by Gasteiger charge is -2.17. The van der Waals surface area contributed by atoms with E-state index in [0.717, 1.165) is 25.9 Å². The summed E-state index contributed by atoms with van der Waals surface area (Å²) in [6.07, 6.45) is 7.17. The highest BCUT2D eigenvalue weighted by molar-refractivity contribution is 5.86. The van der Waals surface area contributed by atoms with Crippen molar-refractivity contribution in [2.45, 2.75) is 32.6 Å². The van der Waals surface area contributed by atoms with Crippen LogP contribution in [-0.2, 0) is 11.2 Å². The van der Waals surface area contributed by atoms with E-state index in [1.807, 2.05) is 11.8 Å². The van der Waals surface area contributed by atoms with E-state index in [1.165, 1.54) is 49.2 Å². The van der Waals surface area contributed by atoms with Crippen molar-refractivity contribution < 1.29 is 9.53 Å². The van der Waals surface area contributed by atoms with Gasteiger partial charge in [0.2, 0.25) is 0 Å². The van der Waals surface area contributed by atoms with E-state index in [2.05, 4.69) is 35.2 Å². The molecule has 4 nitrogen and oxygen atoms in total. The molecule has 1 aliphatic carbocycles. The van der Waals surface area contributed by atoms with Crippen LogP contribution in [-0.4, -0.2) is 55.2 Å². The number of rotatable bonds is 5. The number of nitrogens with zero attached hydrogens (tertiary/aromatic N) is 2. The second kappa shape index (κ2) is 12.0. The molecule has 0 spiro atoms. The molecule has 2 fully saturated rings. The van der Waals surface area contributed by atoms with E-state index < -0.39 is 0 Å². The van der Waals surface area contributed by atoms with E-state index >= 15 is 0 Å². The summed E-state index contributed by atoms with van der Waals surface area (Å²) < 4.78 is 5.18. The molecule has 2 unspecified atom stereocenters. The smallest absolute Gasteiger partial charge is 0.409 e. The van der Waals surface area contributed by atoms with Crippen molar-refractivity contribution in [3.05, 3.63) is 41.5 Å². The van der Waals surface area contributed by atoms with Gasteiger partial charge in [0.15, 0.2) is 0 Å². The van der Waals surface area contributed by atoms with Crippen molar-refractivity contribution in [2.24, 2.45) is 11.8 Å². The van der Waals surface area contributed by atoms with Gasteiger partial charge in [-0.25, -0.2) is 4.79 Å². The van der Waals surface area contributed by atoms with Crippen molar-refractivity contribution in [2.75, 3.05) is 39.3 Å². The Morgan fingerprint density at radius 1 is 1.07 bits per heavy atom. The first kappa shape index (κ1) is 26.1. The van der Waals surface area contributed by atoms with Crippen LogP contribution in [0, 0.1) is 11.8 Å². The van der Waals surface area contributed by atoms with Crippen LogP contribution >= 0.6 is 37.2 Å². The fourth-order valence-electron chi connectivity index (χ4n) is 4.75. The number of hydrogen-bond donors (Lipinski definition) is 0. The molecule has 1 aromatic rings. The first-order chi connectivity index (χ1) is 12.7. The van der Waals surface area contributed by atoms with Gasteiger partial charge in [0.05, 0.1) is 6.61 Å². The van der Waals surface area contributed by atoms with Crippen molar-refractivity contribution in [3.8, 4) is 0 Å². The van der Waals surface area contributed by atoms with Gasteiger partial charge in [-0.1, -0.05) is 30.3 Å². The summed E-state index contributed by atoms with van der Waals surface area (Å²) in [5.74, 6) is 1.03. The number of hydrogen-bond acceptors (Lipinski definition) is 3. The number of ether oxygens (including phenoxy) is 1. The third-order valence-electron chi connectivity index (χ3n) is 6.21. The fourth-order valence-corrected chi connectivity index (χ4v) is 4.75. The third kappa shape index (κ3) is 6.04. The molecule has 7 heteroatoms.